The molecule has 4 nitrogen and oxygen atoms in total. The van der Waals surface area contributed by atoms with Crippen molar-refractivity contribution in [3.05, 3.63) is 9.64 Å². The second-order valence-electron chi connectivity index (χ2n) is 3.83. The lowest BCUT2D eigenvalue weighted by Gasteiger charge is -2.18. The molecule has 0 heterocycles. The topological polar surface area (TPSA) is 44.8 Å². The Morgan fingerprint density at radius 3 is 1.94 bits per heavy atom. The SMILES string of the molecule is COc1cc(P(C)(C)=O)c(I)c(OC)c1OC. The van der Waals surface area contributed by atoms with Gasteiger partial charge < -0.3 is 18.8 Å². The Labute approximate surface area is 115 Å². The van der Waals surface area contributed by atoms with Crippen molar-refractivity contribution in [1.29, 1.82) is 0 Å². The second kappa shape index (κ2) is 5.48. The highest BCUT2D eigenvalue weighted by Crippen LogP contribution is 2.46. The van der Waals surface area contributed by atoms with Crippen LogP contribution in [-0.4, -0.2) is 34.7 Å². The second-order valence-corrected chi connectivity index (χ2v) is 8.09. The molecule has 0 aromatic heterocycles. The first-order valence-corrected chi connectivity index (χ1v) is 8.58. The molecule has 96 valence electrons. The van der Waals surface area contributed by atoms with Crippen molar-refractivity contribution in [1.82, 2.24) is 0 Å². The fourth-order valence-corrected chi connectivity index (χ4v) is 4.87. The van der Waals surface area contributed by atoms with E-state index in [9.17, 15) is 4.57 Å². The Kier molecular flexibility index (Phi) is 4.72. The van der Waals surface area contributed by atoms with Crippen molar-refractivity contribution in [2.45, 2.75) is 0 Å². The van der Waals surface area contributed by atoms with E-state index in [2.05, 4.69) is 22.6 Å². The number of halogens is 1. The van der Waals surface area contributed by atoms with Crippen molar-refractivity contribution < 1.29 is 18.8 Å². The maximum atomic E-state index is 12.2. The predicted octanol–water partition coefficient (Wildman–Crippen LogP) is 2.57. The van der Waals surface area contributed by atoms with Gasteiger partial charge in [0.05, 0.1) is 24.9 Å². The summed E-state index contributed by atoms with van der Waals surface area (Å²) in [5.74, 6) is 1.62. The molecule has 1 aromatic rings. The average Bonchev–Trinajstić information content (AvgIpc) is 2.26. The van der Waals surface area contributed by atoms with Crippen molar-refractivity contribution in [3.8, 4) is 17.2 Å². The lowest BCUT2D eigenvalue weighted by atomic mass is 10.3. The zero-order valence-corrected chi connectivity index (χ0v) is 13.6. The largest absolute Gasteiger partial charge is 0.493 e. The molecule has 0 unspecified atom stereocenters. The minimum absolute atomic E-state index is 0.525. The summed E-state index contributed by atoms with van der Waals surface area (Å²) in [6.07, 6.45) is 0. The highest BCUT2D eigenvalue weighted by atomic mass is 127. The molecule has 17 heavy (non-hydrogen) atoms. The van der Waals surface area contributed by atoms with Crippen LogP contribution in [0.3, 0.4) is 0 Å². The monoisotopic (exact) mass is 370 g/mol. The third-order valence-corrected chi connectivity index (χ3v) is 5.34. The highest BCUT2D eigenvalue weighted by Gasteiger charge is 2.24. The quantitative estimate of drug-likeness (QED) is 0.604. The zero-order valence-electron chi connectivity index (χ0n) is 10.5. The van der Waals surface area contributed by atoms with E-state index in [0.29, 0.717) is 17.2 Å². The van der Waals surface area contributed by atoms with Crippen LogP contribution in [0.1, 0.15) is 0 Å². The average molecular weight is 370 g/mol. The molecule has 0 aliphatic heterocycles. The minimum Gasteiger partial charge on any atom is -0.493 e. The Morgan fingerprint density at radius 2 is 1.59 bits per heavy atom. The van der Waals surface area contributed by atoms with Crippen LogP contribution in [0.2, 0.25) is 0 Å². The summed E-state index contributed by atoms with van der Waals surface area (Å²) in [6.45, 7) is 3.44. The van der Waals surface area contributed by atoms with Crippen molar-refractivity contribution in [2.75, 3.05) is 34.7 Å². The predicted molar refractivity (Wildman–Crippen MR) is 77.9 cm³/mol. The lowest BCUT2D eigenvalue weighted by molar-refractivity contribution is 0.323. The molecule has 1 aromatic carbocycles. The Hall–Kier alpha value is -0.420. The standard InChI is InChI=1S/C11H16IO4P/c1-14-7-6-8(17(4,5)13)9(12)11(16-3)10(7)15-2/h6H,1-5H3. The minimum atomic E-state index is -2.39. The van der Waals surface area contributed by atoms with Crippen LogP contribution in [-0.2, 0) is 4.57 Å². The van der Waals surface area contributed by atoms with E-state index in [-0.39, 0.29) is 0 Å². The van der Waals surface area contributed by atoms with Crippen LogP contribution in [0.25, 0.3) is 0 Å². The van der Waals surface area contributed by atoms with Gasteiger partial charge in [-0.05, 0) is 42.0 Å². The summed E-state index contributed by atoms with van der Waals surface area (Å²) in [5, 5.41) is 0.743. The Morgan fingerprint density at radius 1 is 1.06 bits per heavy atom. The van der Waals surface area contributed by atoms with Gasteiger partial charge in [0.15, 0.2) is 11.5 Å². The van der Waals surface area contributed by atoms with Crippen LogP contribution in [0.15, 0.2) is 6.07 Å². The highest BCUT2D eigenvalue weighted by molar-refractivity contribution is 14.1. The number of hydrogen-bond donors (Lipinski definition) is 0. The third kappa shape index (κ3) is 2.88. The van der Waals surface area contributed by atoms with E-state index in [4.69, 9.17) is 14.2 Å². The summed E-state index contributed by atoms with van der Waals surface area (Å²) in [7, 11) is 2.26. The maximum Gasteiger partial charge on any atom is 0.204 e. The van der Waals surface area contributed by atoms with Crippen LogP contribution < -0.4 is 19.5 Å². The van der Waals surface area contributed by atoms with Gasteiger partial charge in [-0.25, -0.2) is 0 Å². The van der Waals surface area contributed by atoms with Crippen LogP contribution in [0, 0.1) is 3.57 Å². The summed E-state index contributed by atoms with van der Waals surface area (Å²) in [4.78, 5) is 0. The fraction of sp³-hybridized carbons (Fsp3) is 0.455. The van der Waals surface area contributed by atoms with Gasteiger partial charge in [0.1, 0.15) is 7.14 Å². The van der Waals surface area contributed by atoms with Gasteiger partial charge in [-0.1, -0.05) is 0 Å². The van der Waals surface area contributed by atoms with Crippen LogP contribution in [0.5, 0.6) is 17.2 Å². The third-order valence-electron chi connectivity index (χ3n) is 2.33. The molecule has 6 heteroatoms. The molecule has 0 radical (unpaired) electrons. The van der Waals surface area contributed by atoms with E-state index < -0.39 is 7.14 Å². The van der Waals surface area contributed by atoms with Crippen molar-refractivity contribution in [3.63, 3.8) is 0 Å². The number of methoxy groups -OCH3 is 3. The summed E-state index contributed by atoms with van der Waals surface area (Å²) in [5.41, 5.74) is 0. The molecule has 0 saturated carbocycles. The van der Waals surface area contributed by atoms with E-state index in [1.165, 1.54) is 0 Å². The molecule has 0 saturated heterocycles. The molecule has 1 rings (SSSR count). The molecule has 0 bridgehead atoms. The first-order valence-electron chi connectivity index (χ1n) is 4.90. The number of ether oxygens (including phenoxy) is 3. The van der Waals surface area contributed by atoms with Gasteiger partial charge in [0, 0.05) is 5.30 Å². The molecule has 0 amide bonds. The van der Waals surface area contributed by atoms with Gasteiger partial charge in [0.2, 0.25) is 5.75 Å². The molecule has 0 N–H and O–H groups in total. The number of benzene rings is 1. The Bertz CT molecular complexity index is 467. The van der Waals surface area contributed by atoms with Gasteiger partial charge in [-0.15, -0.1) is 0 Å². The van der Waals surface area contributed by atoms with E-state index in [1.807, 2.05) is 0 Å². The molecule has 0 aliphatic rings. The van der Waals surface area contributed by atoms with E-state index >= 15 is 0 Å². The number of rotatable bonds is 4. The number of hydrogen-bond acceptors (Lipinski definition) is 4. The van der Waals surface area contributed by atoms with Crippen molar-refractivity contribution >= 4 is 35.0 Å². The van der Waals surface area contributed by atoms with Gasteiger partial charge in [-0.2, -0.15) is 0 Å². The summed E-state index contributed by atoms with van der Waals surface area (Å²) in [6, 6.07) is 1.75. The molecular formula is C11H16IO4P. The smallest absolute Gasteiger partial charge is 0.204 e. The van der Waals surface area contributed by atoms with Gasteiger partial charge in [-0.3, -0.25) is 0 Å². The molecule has 0 aliphatic carbocycles. The maximum absolute atomic E-state index is 12.2. The van der Waals surface area contributed by atoms with Gasteiger partial charge in [0.25, 0.3) is 0 Å². The Balaban J connectivity index is 3.63. The normalized spacial score (nSPS) is 11.2. The fourth-order valence-electron chi connectivity index (χ4n) is 1.50. The van der Waals surface area contributed by atoms with E-state index in [1.54, 1.807) is 40.7 Å². The zero-order chi connectivity index (χ0) is 13.2. The summed E-state index contributed by atoms with van der Waals surface area (Å²) >= 11 is 2.12. The van der Waals surface area contributed by atoms with Crippen LogP contribution in [0.4, 0.5) is 0 Å². The van der Waals surface area contributed by atoms with E-state index in [0.717, 1.165) is 8.87 Å². The first-order chi connectivity index (χ1) is 7.86. The molecule has 0 fully saturated rings. The first kappa shape index (κ1) is 14.6. The molecular weight excluding hydrogens is 354 g/mol. The molecule has 0 atom stereocenters. The summed E-state index contributed by atoms with van der Waals surface area (Å²) < 4.78 is 28.8. The van der Waals surface area contributed by atoms with Crippen molar-refractivity contribution in [2.24, 2.45) is 0 Å². The van der Waals surface area contributed by atoms with Crippen LogP contribution >= 0.6 is 29.7 Å². The lowest BCUT2D eigenvalue weighted by Crippen LogP contribution is -2.11. The molecule has 0 spiro atoms. The van der Waals surface area contributed by atoms with Gasteiger partial charge >= 0.3 is 0 Å².